The fourth-order valence-corrected chi connectivity index (χ4v) is 2.54. The van der Waals surface area contributed by atoms with Gasteiger partial charge in [0, 0.05) is 5.92 Å². The molecule has 0 aromatic heterocycles. The van der Waals surface area contributed by atoms with E-state index in [1.54, 1.807) is 4.90 Å². The molecule has 0 radical (unpaired) electrons. The Kier molecular flexibility index (Phi) is 2.98. The Morgan fingerprint density at radius 2 is 2.11 bits per heavy atom. The molecule has 2 N–H and O–H groups in total. The zero-order valence-electron chi connectivity index (χ0n) is 10.8. The number of carbonyl (C=O) groups is 2. The Bertz CT molecular complexity index is 525. The summed E-state index contributed by atoms with van der Waals surface area (Å²) in [5.41, 5.74) is 1.51. The Balaban J connectivity index is 1.87. The van der Waals surface area contributed by atoms with E-state index < -0.39 is 0 Å². The highest BCUT2D eigenvalue weighted by Crippen LogP contribution is 2.31. The largest absolute Gasteiger partial charge is 0.323 e. The maximum Gasteiger partial charge on any atom is 0.244 e. The van der Waals surface area contributed by atoms with Crippen molar-refractivity contribution in [1.29, 1.82) is 0 Å². The van der Waals surface area contributed by atoms with Crippen LogP contribution < -0.4 is 15.5 Å². The van der Waals surface area contributed by atoms with Gasteiger partial charge in [-0.15, -0.1) is 0 Å². The van der Waals surface area contributed by atoms with Crippen LogP contribution >= 0.6 is 0 Å². The third-order valence-corrected chi connectivity index (χ3v) is 3.95. The molecule has 2 aliphatic heterocycles. The van der Waals surface area contributed by atoms with E-state index in [-0.39, 0.29) is 24.3 Å². The van der Waals surface area contributed by atoms with Gasteiger partial charge in [-0.1, -0.05) is 19.1 Å². The fraction of sp³-hybridized carbons (Fsp3) is 0.429. The molecule has 2 aliphatic rings. The first-order chi connectivity index (χ1) is 9.16. The molecule has 5 heteroatoms. The highest BCUT2D eigenvalue weighted by Gasteiger charge is 2.35. The molecule has 1 fully saturated rings. The minimum Gasteiger partial charge on any atom is -0.323 e. The van der Waals surface area contributed by atoms with Gasteiger partial charge in [0.15, 0.2) is 0 Å². The van der Waals surface area contributed by atoms with Crippen molar-refractivity contribution >= 4 is 23.2 Å². The highest BCUT2D eigenvalue weighted by molar-refractivity contribution is 6.10. The molecule has 0 aliphatic carbocycles. The van der Waals surface area contributed by atoms with Gasteiger partial charge in [0.2, 0.25) is 11.8 Å². The first kappa shape index (κ1) is 12.2. The topological polar surface area (TPSA) is 61.4 Å². The van der Waals surface area contributed by atoms with Crippen molar-refractivity contribution in [2.24, 2.45) is 11.8 Å². The maximum absolute atomic E-state index is 12.6. The van der Waals surface area contributed by atoms with Crippen LogP contribution in [0.1, 0.15) is 6.92 Å². The van der Waals surface area contributed by atoms with Crippen LogP contribution in [0.5, 0.6) is 0 Å². The van der Waals surface area contributed by atoms with Crippen LogP contribution in [-0.2, 0) is 9.59 Å². The molecule has 0 spiro atoms. The lowest BCUT2D eigenvalue weighted by molar-refractivity contribution is -0.126. The van der Waals surface area contributed by atoms with Crippen LogP contribution in [0.25, 0.3) is 0 Å². The monoisotopic (exact) mass is 259 g/mol. The third kappa shape index (κ3) is 2.10. The quantitative estimate of drug-likeness (QED) is 0.827. The number of rotatable bonds is 2. The Morgan fingerprint density at radius 3 is 2.79 bits per heavy atom. The molecule has 0 bridgehead atoms. The summed E-state index contributed by atoms with van der Waals surface area (Å²) in [6.45, 7) is 3.83. The number of hydrogen-bond acceptors (Lipinski definition) is 3. The molecule has 1 atom stereocenters. The number of benzene rings is 1. The predicted octanol–water partition coefficient (Wildman–Crippen LogP) is 0.827. The Hall–Kier alpha value is -1.88. The van der Waals surface area contributed by atoms with Gasteiger partial charge in [0.1, 0.15) is 6.54 Å². The van der Waals surface area contributed by atoms with Gasteiger partial charge < -0.3 is 15.5 Å². The molecule has 2 heterocycles. The third-order valence-electron chi connectivity index (χ3n) is 3.95. The van der Waals surface area contributed by atoms with Crippen LogP contribution in [0, 0.1) is 11.8 Å². The van der Waals surface area contributed by atoms with Crippen molar-refractivity contribution in [3.63, 3.8) is 0 Å². The van der Waals surface area contributed by atoms with Crippen molar-refractivity contribution in [2.75, 3.05) is 29.9 Å². The number of hydrogen-bond donors (Lipinski definition) is 2. The van der Waals surface area contributed by atoms with E-state index in [2.05, 4.69) is 10.6 Å². The maximum atomic E-state index is 12.6. The van der Waals surface area contributed by atoms with Crippen LogP contribution in [0.3, 0.4) is 0 Å². The summed E-state index contributed by atoms with van der Waals surface area (Å²) in [7, 11) is 0. The van der Waals surface area contributed by atoms with Gasteiger partial charge in [-0.3, -0.25) is 9.59 Å². The molecule has 1 saturated heterocycles. The molecule has 0 saturated carbocycles. The van der Waals surface area contributed by atoms with Gasteiger partial charge in [0.25, 0.3) is 0 Å². The van der Waals surface area contributed by atoms with Crippen LogP contribution in [-0.4, -0.2) is 31.4 Å². The number of para-hydroxylation sites is 2. The molecule has 1 aromatic rings. The van der Waals surface area contributed by atoms with E-state index in [1.165, 1.54) is 0 Å². The number of nitrogens with one attached hydrogen (secondary N) is 2. The first-order valence-corrected chi connectivity index (χ1v) is 6.58. The zero-order valence-corrected chi connectivity index (χ0v) is 10.8. The lowest BCUT2D eigenvalue weighted by Gasteiger charge is -2.36. The lowest BCUT2D eigenvalue weighted by atomic mass is 9.87. The summed E-state index contributed by atoms with van der Waals surface area (Å²) in [6.07, 6.45) is 0. The standard InChI is InChI=1S/C14H17N3O2/c1-9(10-6-15-7-10)14(19)17-8-13(18)16-11-4-2-3-5-12(11)17/h2-5,9-10,15H,6-8H2,1H3,(H,16,18). The van der Waals surface area contributed by atoms with Crippen molar-refractivity contribution in [1.82, 2.24) is 5.32 Å². The van der Waals surface area contributed by atoms with E-state index >= 15 is 0 Å². The molecule has 5 nitrogen and oxygen atoms in total. The summed E-state index contributed by atoms with van der Waals surface area (Å²) in [5.74, 6) is 0.227. The smallest absolute Gasteiger partial charge is 0.244 e. The summed E-state index contributed by atoms with van der Waals surface area (Å²) in [5, 5.41) is 5.97. The number of nitrogens with zero attached hydrogens (tertiary/aromatic N) is 1. The van der Waals surface area contributed by atoms with Gasteiger partial charge in [0.05, 0.1) is 11.4 Å². The van der Waals surface area contributed by atoms with E-state index in [0.717, 1.165) is 18.8 Å². The summed E-state index contributed by atoms with van der Waals surface area (Å²) in [6, 6.07) is 7.43. The van der Waals surface area contributed by atoms with Crippen molar-refractivity contribution in [3.8, 4) is 0 Å². The molecule has 2 amide bonds. The van der Waals surface area contributed by atoms with Gasteiger partial charge in [-0.2, -0.15) is 0 Å². The van der Waals surface area contributed by atoms with E-state index in [4.69, 9.17) is 0 Å². The zero-order chi connectivity index (χ0) is 13.4. The van der Waals surface area contributed by atoms with Gasteiger partial charge in [-0.05, 0) is 31.1 Å². The van der Waals surface area contributed by atoms with Crippen molar-refractivity contribution in [2.45, 2.75) is 6.92 Å². The molecular weight excluding hydrogens is 242 g/mol. The number of fused-ring (bicyclic) bond motifs is 1. The first-order valence-electron chi connectivity index (χ1n) is 6.58. The summed E-state index contributed by atoms with van der Waals surface area (Å²) in [4.78, 5) is 25.9. The second-order valence-electron chi connectivity index (χ2n) is 5.20. The fourth-order valence-electron chi connectivity index (χ4n) is 2.54. The molecule has 19 heavy (non-hydrogen) atoms. The highest BCUT2D eigenvalue weighted by atomic mass is 16.2. The van der Waals surface area contributed by atoms with Crippen molar-refractivity contribution < 1.29 is 9.59 Å². The molecule has 1 unspecified atom stereocenters. The van der Waals surface area contributed by atoms with E-state index in [0.29, 0.717) is 11.6 Å². The van der Waals surface area contributed by atoms with E-state index in [9.17, 15) is 9.59 Å². The summed E-state index contributed by atoms with van der Waals surface area (Å²) < 4.78 is 0. The van der Waals surface area contributed by atoms with Gasteiger partial charge >= 0.3 is 0 Å². The van der Waals surface area contributed by atoms with Crippen molar-refractivity contribution in [3.05, 3.63) is 24.3 Å². The average Bonchev–Trinajstić information content (AvgIpc) is 2.34. The normalized spacial score (nSPS) is 20.3. The number of amides is 2. The molecule has 3 rings (SSSR count). The number of anilines is 2. The molecule has 1 aromatic carbocycles. The van der Waals surface area contributed by atoms with Crippen LogP contribution in [0.4, 0.5) is 11.4 Å². The van der Waals surface area contributed by atoms with E-state index in [1.807, 2.05) is 31.2 Å². The average molecular weight is 259 g/mol. The second-order valence-corrected chi connectivity index (χ2v) is 5.20. The molecular formula is C14H17N3O2. The van der Waals surface area contributed by atoms with Crippen LogP contribution in [0.15, 0.2) is 24.3 Å². The SMILES string of the molecule is CC(C(=O)N1CC(=O)Nc2ccccc21)C1CNC1. The number of carbonyl (C=O) groups excluding carboxylic acids is 2. The Morgan fingerprint density at radius 1 is 1.37 bits per heavy atom. The van der Waals surface area contributed by atoms with Gasteiger partial charge in [-0.25, -0.2) is 0 Å². The minimum atomic E-state index is -0.133. The molecule has 100 valence electrons. The summed E-state index contributed by atoms with van der Waals surface area (Å²) >= 11 is 0. The predicted molar refractivity (Wildman–Crippen MR) is 72.9 cm³/mol. The second kappa shape index (κ2) is 4.66. The Labute approximate surface area is 112 Å². The van der Waals surface area contributed by atoms with Crippen LogP contribution in [0.2, 0.25) is 0 Å². The minimum absolute atomic E-state index is 0.0359. The lowest BCUT2D eigenvalue weighted by Crippen LogP contribution is -2.52.